The van der Waals surface area contributed by atoms with Crippen molar-refractivity contribution in [2.75, 3.05) is 47.4 Å². The van der Waals surface area contributed by atoms with Gasteiger partial charge in [-0.25, -0.2) is 4.79 Å². The lowest BCUT2D eigenvalue weighted by molar-refractivity contribution is -0.870. The van der Waals surface area contributed by atoms with E-state index in [1.165, 1.54) is 27.7 Å². The summed E-state index contributed by atoms with van der Waals surface area (Å²) in [5, 5.41) is 52.1. The van der Waals surface area contributed by atoms with Crippen LogP contribution in [0, 0.1) is 5.92 Å². The maximum Gasteiger partial charge on any atom is 0.328 e. The molecule has 0 spiro atoms. The van der Waals surface area contributed by atoms with Gasteiger partial charge in [0.05, 0.1) is 46.9 Å². The highest BCUT2D eigenvalue weighted by molar-refractivity contribution is 5.97. The fraction of sp³-hybridized carbons (Fsp3) is 0.791. The van der Waals surface area contributed by atoms with Crippen molar-refractivity contribution in [1.82, 2.24) is 47.9 Å². The van der Waals surface area contributed by atoms with Crippen molar-refractivity contribution in [3.05, 3.63) is 0 Å². The molecule has 26 nitrogen and oxygen atoms in total. The maximum atomic E-state index is 13.8. The van der Waals surface area contributed by atoms with E-state index in [2.05, 4.69) is 59.3 Å². The van der Waals surface area contributed by atoms with Crippen molar-refractivity contribution < 1.29 is 74.4 Å². The van der Waals surface area contributed by atoms with Crippen molar-refractivity contribution in [3.8, 4) is 0 Å². The van der Waals surface area contributed by atoms with Crippen molar-refractivity contribution in [2.45, 2.75) is 166 Å². The van der Waals surface area contributed by atoms with Gasteiger partial charge in [-0.3, -0.25) is 43.7 Å². The van der Waals surface area contributed by atoms with Gasteiger partial charge in [0.15, 0.2) is 6.04 Å². The molecule has 0 aromatic heterocycles. The van der Waals surface area contributed by atoms with Gasteiger partial charge in [-0.15, -0.1) is 0 Å². The second-order valence-corrected chi connectivity index (χ2v) is 19.0. The van der Waals surface area contributed by atoms with Crippen LogP contribution in [0.25, 0.3) is 0 Å². The van der Waals surface area contributed by atoms with Gasteiger partial charge < -0.3 is 85.3 Å². The van der Waals surface area contributed by atoms with E-state index >= 15 is 0 Å². The molecule has 0 aliphatic rings. The molecule has 69 heavy (non-hydrogen) atoms. The summed E-state index contributed by atoms with van der Waals surface area (Å²) in [6.07, 6.45) is 0.735. The zero-order chi connectivity index (χ0) is 53.2. The molecule has 10 atom stereocenters. The minimum atomic E-state index is -1.63. The average Bonchev–Trinajstić information content (AvgIpc) is 3.24. The highest BCUT2D eigenvalue weighted by Gasteiger charge is 2.34. The van der Waals surface area contributed by atoms with E-state index in [1.807, 2.05) is 35.0 Å². The first-order valence-corrected chi connectivity index (χ1v) is 23.7. The Morgan fingerprint density at radius 2 is 0.957 bits per heavy atom. The molecule has 0 saturated heterocycles. The maximum absolute atomic E-state index is 13.8. The number of nitrogens with one attached hydrogen (secondary N) is 9. The highest BCUT2D eigenvalue weighted by Crippen LogP contribution is 2.09. The number of hydrogen-bond acceptors (Lipinski definition) is 14. The van der Waals surface area contributed by atoms with Crippen molar-refractivity contribution in [3.63, 3.8) is 0 Å². The lowest BCUT2D eigenvalue weighted by Gasteiger charge is -2.27. The first-order chi connectivity index (χ1) is 32.0. The van der Waals surface area contributed by atoms with E-state index in [1.54, 1.807) is 0 Å². The molecule has 398 valence electrons. The van der Waals surface area contributed by atoms with Gasteiger partial charge in [0.1, 0.15) is 54.6 Å². The van der Waals surface area contributed by atoms with E-state index in [4.69, 9.17) is 11.5 Å². The fourth-order valence-corrected chi connectivity index (χ4v) is 6.67. The van der Waals surface area contributed by atoms with E-state index in [0.29, 0.717) is 43.1 Å². The summed E-state index contributed by atoms with van der Waals surface area (Å²) >= 11 is 0. The Kier molecular flexibility index (Phi) is 30.3. The molecule has 0 aromatic rings. The molecule has 0 saturated carbocycles. The summed E-state index contributed by atoms with van der Waals surface area (Å²) in [5.74, 6) is -7.53. The predicted octanol–water partition coefficient (Wildman–Crippen LogP) is -7.10. The molecule has 26 heteroatoms. The lowest BCUT2D eigenvalue weighted by Crippen LogP contribution is -2.69. The summed E-state index contributed by atoms with van der Waals surface area (Å²) in [6.45, 7) is 9.76. The number of carbonyl (C=O) groups excluding carboxylic acids is 8. The number of quaternary nitrogens is 3. The third kappa shape index (κ3) is 27.0. The molecule has 8 amide bonds. The predicted molar refractivity (Wildman–Crippen MR) is 253 cm³/mol. The number of rotatable bonds is 35. The minimum absolute atomic E-state index is 0.000472. The summed E-state index contributed by atoms with van der Waals surface area (Å²) in [5.41, 5.74) is 18.8. The van der Waals surface area contributed by atoms with E-state index < -0.39 is 127 Å². The third-order valence-electron chi connectivity index (χ3n) is 10.8. The third-order valence-corrected chi connectivity index (χ3v) is 10.8. The Labute approximate surface area is 405 Å². The summed E-state index contributed by atoms with van der Waals surface area (Å²) in [6, 6.07) is -11.2. The molecule has 0 fully saturated rings. The van der Waals surface area contributed by atoms with Crippen LogP contribution in [0.2, 0.25) is 0 Å². The standard InChI is InChI=1S/C43H84N14O12/c1-23(2)21-28(45)37(63)50-26(5)36(62)56-33(27(6)59)41(67)54-29(15-10-12-18-44)38(64)51-24(3)34(60)49-25(4)35(61)52-31(17-14-19-48-43(46)47)39(65)53-30(16-11-13-20-57(7,8)9)40(66)55-32(22-58)42(68)69/h23-33,43,48,58-59H,10-22,44-47H2,1-9H3,(H8-,49,50,51,52,53,54,55,56,60,61,62,63,64,65,66,67,68,69)/p+3/t24-,25-,26-,27+,28-,29-,30-,31-,32-,33-/m0/s1. The second kappa shape index (κ2) is 32.7. The van der Waals surface area contributed by atoms with Crippen LogP contribution in [0.15, 0.2) is 0 Å². The number of amides is 8. The van der Waals surface area contributed by atoms with Crippen LogP contribution in [-0.2, 0) is 43.2 Å². The molecule has 0 aromatic carbocycles. The smallest absolute Gasteiger partial charge is 0.328 e. The van der Waals surface area contributed by atoms with Gasteiger partial charge in [-0.2, -0.15) is 0 Å². The van der Waals surface area contributed by atoms with Crippen LogP contribution < -0.4 is 70.8 Å². The number of carboxylic acid groups (broad SMARTS) is 1. The summed E-state index contributed by atoms with van der Waals surface area (Å²) in [7, 11) is 5.95. The van der Waals surface area contributed by atoms with Gasteiger partial charge in [0, 0.05) is 6.42 Å². The van der Waals surface area contributed by atoms with Crippen LogP contribution in [0.3, 0.4) is 0 Å². The van der Waals surface area contributed by atoms with Crippen LogP contribution >= 0.6 is 0 Å². The number of hydrogen-bond donors (Lipinski definition) is 16. The van der Waals surface area contributed by atoms with Crippen molar-refractivity contribution in [2.24, 2.45) is 17.4 Å². The molecular weight excluding hydrogens is 905 g/mol. The van der Waals surface area contributed by atoms with Crippen LogP contribution in [0.1, 0.15) is 99.3 Å². The molecular formula is C43H87N14O12+3. The number of aliphatic hydroxyl groups excluding tert-OH is 2. The number of nitrogens with zero attached hydrogens (tertiary/aromatic N) is 1. The van der Waals surface area contributed by atoms with E-state index in [-0.39, 0.29) is 38.1 Å². The molecule has 0 radical (unpaired) electrons. The first kappa shape index (κ1) is 63.9. The van der Waals surface area contributed by atoms with Crippen LogP contribution in [0.4, 0.5) is 0 Å². The quantitative estimate of drug-likeness (QED) is 0.0159. The fourth-order valence-electron chi connectivity index (χ4n) is 6.67. The Morgan fingerprint density at radius 1 is 0.551 bits per heavy atom. The SMILES string of the molecule is CC(C)C[C@H]([NH3+])C(=O)N[C@@H](C)C(=O)N[C@H](C(=O)N[C@@H](CCCC[NH3+])C(=O)N[C@@H](C)C(=O)N[C@@H](C)C(=O)N[C@@H](CCCNC(N)N)C(=O)N[C@@H](CCCC[N+](C)(C)C)C(=O)N[C@@H](CO)C(=O)O)[C@@H](C)O. The number of carboxylic acids is 1. The van der Waals surface area contributed by atoms with E-state index in [9.17, 15) is 58.5 Å². The van der Waals surface area contributed by atoms with Crippen molar-refractivity contribution in [1.29, 1.82) is 0 Å². The molecule has 0 heterocycles. The van der Waals surface area contributed by atoms with Crippen molar-refractivity contribution >= 4 is 53.2 Å². The molecule has 0 unspecified atom stereocenters. The Balaban J connectivity index is 6.08. The second-order valence-electron chi connectivity index (χ2n) is 19.0. The normalized spacial score (nSPS) is 16.0. The molecule has 0 aliphatic heterocycles. The topological polar surface area (TPSA) is 430 Å². The molecule has 22 N–H and O–H groups in total. The summed E-state index contributed by atoms with van der Waals surface area (Å²) in [4.78, 5) is 118. The number of aliphatic hydroxyl groups is 2. The van der Waals surface area contributed by atoms with Gasteiger partial charge in [0.2, 0.25) is 41.4 Å². The Morgan fingerprint density at radius 3 is 1.41 bits per heavy atom. The lowest BCUT2D eigenvalue weighted by atomic mass is 10.0. The number of nitrogens with two attached hydrogens (primary N) is 2. The molecule has 0 rings (SSSR count). The Bertz CT molecular complexity index is 1660. The number of aliphatic carboxylic acids is 1. The molecule has 0 bridgehead atoms. The van der Waals surface area contributed by atoms with Gasteiger partial charge >= 0.3 is 5.97 Å². The summed E-state index contributed by atoms with van der Waals surface area (Å²) < 4.78 is 0.633. The van der Waals surface area contributed by atoms with Crippen LogP contribution in [-0.4, -0.2) is 187 Å². The van der Waals surface area contributed by atoms with Gasteiger partial charge in [-0.05, 0) is 91.5 Å². The number of unbranched alkanes of at least 4 members (excludes halogenated alkanes) is 2. The molecule has 0 aliphatic carbocycles. The monoisotopic (exact) mass is 992 g/mol. The number of carbonyl (C=O) groups is 9. The highest BCUT2D eigenvalue weighted by atomic mass is 16.4. The van der Waals surface area contributed by atoms with Crippen LogP contribution in [0.5, 0.6) is 0 Å². The largest absolute Gasteiger partial charge is 0.480 e. The first-order valence-electron chi connectivity index (χ1n) is 23.7. The zero-order valence-corrected chi connectivity index (χ0v) is 42.2. The minimum Gasteiger partial charge on any atom is -0.480 e. The Hall–Kier alpha value is -5.09. The average molecular weight is 992 g/mol. The van der Waals surface area contributed by atoms with Gasteiger partial charge in [-0.1, -0.05) is 13.8 Å². The zero-order valence-electron chi connectivity index (χ0n) is 42.2. The van der Waals surface area contributed by atoms with Gasteiger partial charge in [0.25, 0.3) is 5.91 Å². The van der Waals surface area contributed by atoms with E-state index in [0.717, 1.165) is 6.54 Å².